The van der Waals surface area contributed by atoms with Crippen molar-refractivity contribution in [1.29, 1.82) is 0 Å². The maximum atomic E-state index is 10.0. The topological polar surface area (TPSA) is 58.9 Å². The summed E-state index contributed by atoms with van der Waals surface area (Å²) in [5, 5.41) is 28.8. The molecule has 0 aliphatic carbocycles. The zero-order valence-corrected chi connectivity index (χ0v) is 26.4. The van der Waals surface area contributed by atoms with Crippen molar-refractivity contribution in [3.05, 3.63) is 146 Å². The minimum atomic E-state index is -0.157. The standard InChI is InChI=1S/C44H34O4/c45-25-27-47-43-41(37-22-10-14-30-12-2-4-16-32(30)37)38-19-7-8-20-39(38)42(44(43)48-28-26-46)40-24-23-36(34-17-5-6-18-35(34)40)33-21-9-13-29-11-1-3-15-31(29)33/h1-24,45-46H,25-28H2. The Balaban J connectivity index is 1.48. The zero-order valence-electron chi connectivity index (χ0n) is 26.4. The van der Waals surface area contributed by atoms with Crippen LogP contribution in [0.5, 0.6) is 11.5 Å². The highest BCUT2D eigenvalue weighted by Crippen LogP contribution is 2.53. The molecule has 0 amide bonds. The Morgan fingerprint density at radius 1 is 0.333 bits per heavy atom. The maximum absolute atomic E-state index is 10.0. The largest absolute Gasteiger partial charge is 0.487 e. The van der Waals surface area contributed by atoms with Crippen molar-refractivity contribution < 1.29 is 19.7 Å². The molecule has 4 nitrogen and oxygen atoms in total. The summed E-state index contributed by atoms with van der Waals surface area (Å²) in [6.07, 6.45) is 0. The molecular formula is C44H34O4. The number of hydrogen-bond donors (Lipinski definition) is 2. The molecule has 8 rings (SSSR count). The molecule has 0 bridgehead atoms. The Morgan fingerprint density at radius 2 is 0.688 bits per heavy atom. The fourth-order valence-corrected chi connectivity index (χ4v) is 7.15. The van der Waals surface area contributed by atoms with E-state index in [0.717, 1.165) is 60.1 Å². The number of aliphatic hydroxyl groups excluding tert-OH is 2. The van der Waals surface area contributed by atoms with Crippen molar-refractivity contribution in [2.75, 3.05) is 26.4 Å². The van der Waals surface area contributed by atoms with E-state index in [1.165, 1.54) is 16.3 Å². The molecule has 2 N–H and O–H groups in total. The quantitative estimate of drug-likeness (QED) is 0.167. The van der Waals surface area contributed by atoms with Gasteiger partial charge in [-0.3, -0.25) is 0 Å². The third-order valence-electron chi connectivity index (χ3n) is 9.13. The van der Waals surface area contributed by atoms with Gasteiger partial charge in [0.2, 0.25) is 0 Å². The van der Waals surface area contributed by atoms with Crippen LogP contribution in [0.3, 0.4) is 0 Å². The van der Waals surface area contributed by atoms with E-state index in [1.54, 1.807) is 0 Å². The predicted octanol–water partition coefficient (Wildman–Crippen LogP) is 10.0. The van der Waals surface area contributed by atoms with E-state index >= 15 is 0 Å². The zero-order chi connectivity index (χ0) is 32.5. The molecule has 0 spiro atoms. The van der Waals surface area contributed by atoms with Crippen LogP contribution in [0.4, 0.5) is 0 Å². The Kier molecular flexibility index (Phi) is 7.95. The van der Waals surface area contributed by atoms with Gasteiger partial charge in [-0.05, 0) is 65.3 Å². The van der Waals surface area contributed by atoms with Crippen molar-refractivity contribution in [3.63, 3.8) is 0 Å². The SMILES string of the molecule is OCCOc1c(OCCO)c(-c2ccc(-c3cccc4ccccc34)c3ccccc23)c2ccccc2c1-c1cccc2ccccc12. The second kappa shape index (κ2) is 12.8. The lowest BCUT2D eigenvalue weighted by molar-refractivity contribution is 0.179. The van der Waals surface area contributed by atoms with E-state index in [-0.39, 0.29) is 26.4 Å². The van der Waals surface area contributed by atoms with E-state index < -0.39 is 0 Å². The molecular weight excluding hydrogens is 592 g/mol. The van der Waals surface area contributed by atoms with Crippen LogP contribution in [0.2, 0.25) is 0 Å². The van der Waals surface area contributed by atoms with Crippen molar-refractivity contribution >= 4 is 43.1 Å². The molecule has 0 aliphatic heterocycles. The van der Waals surface area contributed by atoms with Gasteiger partial charge in [0, 0.05) is 11.1 Å². The van der Waals surface area contributed by atoms with Gasteiger partial charge in [0.1, 0.15) is 13.2 Å². The van der Waals surface area contributed by atoms with Crippen molar-refractivity contribution in [2.45, 2.75) is 0 Å². The van der Waals surface area contributed by atoms with E-state index in [1.807, 2.05) is 18.2 Å². The fraction of sp³-hybridized carbons (Fsp3) is 0.0909. The van der Waals surface area contributed by atoms with Crippen LogP contribution in [0.1, 0.15) is 0 Å². The van der Waals surface area contributed by atoms with Crippen LogP contribution in [0, 0.1) is 0 Å². The monoisotopic (exact) mass is 626 g/mol. The number of ether oxygens (including phenoxy) is 2. The second-order valence-electron chi connectivity index (χ2n) is 11.9. The first-order valence-electron chi connectivity index (χ1n) is 16.3. The molecule has 48 heavy (non-hydrogen) atoms. The van der Waals surface area contributed by atoms with Gasteiger partial charge >= 0.3 is 0 Å². The summed E-state index contributed by atoms with van der Waals surface area (Å²) in [6, 6.07) is 50.8. The van der Waals surface area contributed by atoms with Crippen LogP contribution >= 0.6 is 0 Å². The highest BCUT2D eigenvalue weighted by atomic mass is 16.5. The van der Waals surface area contributed by atoms with E-state index in [0.29, 0.717) is 11.5 Å². The molecule has 0 fully saturated rings. The van der Waals surface area contributed by atoms with Gasteiger partial charge in [-0.1, -0.05) is 146 Å². The van der Waals surface area contributed by atoms with Crippen LogP contribution < -0.4 is 9.47 Å². The third-order valence-corrected chi connectivity index (χ3v) is 9.13. The summed E-state index contributed by atoms with van der Waals surface area (Å²) in [7, 11) is 0. The Hall–Kier alpha value is -5.68. The average Bonchev–Trinajstić information content (AvgIpc) is 3.15. The summed E-state index contributed by atoms with van der Waals surface area (Å²) in [6.45, 7) is -0.136. The number of fused-ring (bicyclic) bond motifs is 4. The highest BCUT2D eigenvalue weighted by molar-refractivity contribution is 6.18. The Labute approximate surface area is 279 Å². The molecule has 0 aromatic heterocycles. The lowest BCUT2D eigenvalue weighted by Gasteiger charge is -2.24. The first-order valence-corrected chi connectivity index (χ1v) is 16.3. The summed E-state index contributed by atoms with van der Waals surface area (Å²) < 4.78 is 13.0. The van der Waals surface area contributed by atoms with E-state index in [4.69, 9.17) is 9.47 Å². The maximum Gasteiger partial charge on any atom is 0.170 e. The molecule has 234 valence electrons. The Bertz CT molecular complexity index is 2430. The molecule has 4 heteroatoms. The lowest BCUT2D eigenvalue weighted by Crippen LogP contribution is -2.09. The first-order chi connectivity index (χ1) is 23.8. The van der Waals surface area contributed by atoms with Crippen LogP contribution in [-0.4, -0.2) is 36.6 Å². The predicted molar refractivity (Wildman–Crippen MR) is 198 cm³/mol. The third kappa shape index (κ3) is 5.03. The van der Waals surface area contributed by atoms with Crippen molar-refractivity contribution in [3.8, 4) is 44.9 Å². The van der Waals surface area contributed by atoms with E-state index in [2.05, 4.69) is 127 Å². The minimum Gasteiger partial charge on any atom is -0.487 e. The number of hydrogen-bond acceptors (Lipinski definition) is 4. The molecule has 0 unspecified atom stereocenters. The van der Waals surface area contributed by atoms with Gasteiger partial charge in [-0.25, -0.2) is 0 Å². The highest BCUT2D eigenvalue weighted by Gasteiger charge is 2.26. The number of aliphatic hydroxyl groups is 2. The Morgan fingerprint density at radius 3 is 1.23 bits per heavy atom. The van der Waals surface area contributed by atoms with E-state index in [9.17, 15) is 10.2 Å². The van der Waals surface area contributed by atoms with Crippen LogP contribution in [0.25, 0.3) is 76.5 Å². The minimum absolute atomic E-state index is 0.0851. The molecule has 0 heterocycles. The fourth-order valence-electron chi connectivity index (χ4n) is 7.15. The van der Waals surface area contributed by atoms with Crippen molar-refractivity contribution in [1.82, 2.24) is 0 Å². The van der Waals surface area contributed by atoms with Gasteiger partial charge in [0.05, 0.1) is 13.2 Å². The number of rotatable bonds is 9. The molecule has 0 saturated heterocycles. The molecule has 0 atom stereocenters. The molecule has 8 aromatic carbocycles. The average molecular weight is 627 g/mol. The van der Waals surface area contributed by atoms with Crippen molar-refractivity contribution in [2.24, 2.45) is 0 Å². The first kappa shape index (κ1) is 29.7. The van der Waals surface area contributed by atoms with Crippen LogP contribution in [0.15, 0.2) is 146 Å². The molecule has 8 aromatic rings. The van der Waals surface area contributed by atoms with Gasteiger partial charge in [-0.15, -0.1) is 0 Å². The normalized spacial score (nSPS) is 11.5. The summed E-state index contributed by atoms with van der Waals surface area (Å²) >= 11 is 0. The smallest absolute Gasteiger partial charge is 0.170 e. The lowest BCUT2D eigenvalue weighted by atomic mass is 9.85. The second-order valence-corrected chi connectivity index (χ2v) is 11.9. The van der Waals surface area contributed by atoms with Gasteiger partial charge in [-0.2, -0.15) is 0 Å². The molecule has 0 saturated carbocycles. The summed E-state index contributed by atoms with van der Waals surface area (Å²) in [5.41, 5.74) is 6.11. The number of benzene rings is 8. The van der Waals surface area contributed by atoms with Crippen LogP contribution in [-0.2, 0) is 0 Å². The molecule has 0 aliphatic rings. The molecule has 0 radical (unpaired) electrons. The van der Waals surface area contributed by atoms with Gasteiger partial charge < -0.3 is 19.7 Å². The summed E-state index contributed by atoms with van der Waals surface area (Å²) in [5.74, 6) is 1.09. The van der Waals surface area contributed by atoms with Gasteiger partial charge in [0.15, 0.2) is 11.5 Å². The van der Waals surface area contributed by atoms with Gasteiger partial charge in [0.25, 0.3) is 0 Å². The summed E-state index contributed by atoms with van der Waals surface area (Å²) in [4.78, 5) is 0.